The number of carbonyl (C=O) groups is 2. The Morgan fingerprint density at radius 3 is 2.83 bits per heavy atom. The maximum absolute atomic E-state index is 12.6. The lowest BCUT2D eigenvalue weighted by Gasteiger charge is -2.21. The first-order valence-electron chi connectivity index (χ1n) is 7.95. The minimum Gasteiger partial charge on any atom is -0.461 e. The van der Waals surface area contributed by atoms with E-state index in [9.17, 15) is 9.59 Å². The summed E-state index contributed by atoms with van der Waals surface area (Å²) in [6, 6.07) is 3.34. The molecule has 130 valence electrons. The van der Waals surface area contributed by atoms with E-state index in [-0.39, 0.29) is 11.6 Å². The summed E-state index contributed by atoms with van der Waals surface area (Å²) in [5.41, 5.74) is 0.283. The highest BCUT2D eigenvalue weighted by atomic mass is 32.1. The lowest BCUT2D eigenvalue weighted by Crippen LogP contribution is -2.32. The van der Waals surface area contributed by atoms with E-state index in [1.165, 1.54) is 17.6 Å². The molecule has 2 rings (SSSR count). The Kier molecular flexibility index (Phi) is 6.54. The highest BCUT2D eigenvalue weighted by molar-refractivity contribution is 7.09. The fourth-order valence-electron chi connectivity index (χ4n) is 2.07. The van der Waals surface area contributed by atoms with E-state index in [1.807, 2.05) is 0 Å². The highest BCUT2D eigenvalue weighted by Crippen LogP contribution is 2.17. The molecule has 2 aromatic rings. The number of hydrogen-bond acceptors (Lipinski definition) is 6. The van der Waals surface area contributed by atoms with Gasteiger partial charge < -0.3 is 14.1 Å². The number of thiazole rings is 1. The van der Waals surface area contributed by atoms with E-state index >= 15 is 0 Å². The second kappa shape index (κ2) is 8.63. The Hall–Kier alpha value is -2.15. The second-order valence-electron chi connectivity index (χ2n) is 5.73. The van der Waals surface area contributed by atoms with Gasteiger partial charge in [-0.3, -0.25) is 4.79 Å². The zero-order valence-electron chi connectivity index (χ0n) is 14.2. The lowest BCUT2D eigenvalue weighted by molar-refractivity contribution is 0.0520. The van der Waals surface area contributed by atoms with Crippen molar-refractivity contribution in [3.05, 3.63) is 40.2 Å². The number of nitrogens with zero attached hydrogens (tertiary/aromatic N) is 2. The van der Waals surface area contributed by atoms with Gasteiger partial charge in [-0.1, -0.05) is 13.8 Å². The summed E-state index contributed by atoms with van der Waals surface area (Å²) >= 11 is 1.34. The molecule has 0 aromatic carbocycles. The molecule has 0 fully saturated rings. The standard InChI is InChI=1S/C17H22N2O4S/c1-4-22-17(21)13-11-24-15(18-13)10-19(8-7-12(2)3)16(20)14-6-5-9-23-14/h5-6,9,11-12H,4,7-8,10H2,1-3H3. The van der Waals surface area contributed by atoms with E-state index in [4.69, 9.17) is 9.15 Å². The molecular formula is C17H22N2O4S. The number of ether oxygens (including phenoxy) is 1. The van der Waals surface area contributed by atoms with Gasteiger partial charge in [-0.25, -0.2) is 9.78 Å². The topological polar surface area (TPSA) is 72.6 Å². The van der Waals surface area contributed by atoms with E-state index < -0.39 is 5.97 Å². The molecule has 2 aromatic heterocycles. The molecule has 24 heavy (non-hydrogen) atoms. The first-order valence-corrected chi connectivity index (χ1v) is 8.83. The van der Waals surface area contributed by atoms with Crippen LogP contribution in [0.5, 0.6) is 0 Å². The summed E-state index contributed by atoms with van der Waals surface area (Å²) in [5.74, 6) is 0.170. The number of furan rings is 1. The van der Waals surface area contributed by atoms with Gasteiger partial charge in [-0.05, 0) is 31.4 Å². The largest absolute Gasteiger partial charge is 0.461 e. The minimum atomic E-state index is -0.439. The van der Waals surface area contributed by atoms with Crippen LogP contribution in [0, 0.1) is 5.92 Å². The number of carbonyl (C=O) groups excluding carboxylic acids is 2. The lowest BCUT2D eigenvalue weighted by atomic mass is 10.1. The predicted molar refractivity (Wildman–Crippen MR) is 91.0 cm³/mol. The van der Waals surface area contributed by atoms with Crippen LogP contribution in [0.1, 0.15) is 53.2 Å². The smallest absolute Gasteiger partial charge is 0.357 e. The van der Waals surface area contributed by atoms with Gasteiger partial charge in [-0.2, -0.15) is 0 Å². The van der Waals surface area contributed by atoms with Gasteiger partial charge in [0.15, 0.2) is 11.5 Å². The summed E-state index contributed by atoms with van der Waals surface area (Å²) in [5, 5.41) is 2.35. The number of esters is 1. The molecule has 0 atom stereocenters. The SMILES string of the molecule is CCOC(=O)c1csc(CN(CCC(C)C)C(=O)c2ccco2)n1. The van der Waals surface area contributed by atoms with Crippen LogP contribution in [0.25, 0.3) is 0 Å². The van der Waals surface area contributed by atoms with Crippen LogP contribution in [0.4, 0.5) is 0 Å². The maximum atomic E-state index is 12.6. The molecule has 0 saturated carbocycles. The average molecular weight is 350 g/mol. The molecule has 6 nitrogen and oxygen atoms in total. The van der Waals surface area contributed by atoms with Crippen molar-refractivity contribution in [1.29, 1.82) is 0 Å². The third kappa shape index (κ3) is 4.92. The molecule has 2 heterocycles. The van der Waals surface area contributed by atoms with Crippen molar-refractivity contribution >= 4 is 23.2 Å². The summed E-state index contributed by atoms with van der Waals surface area (Å²) in [7, 11) is 0. The summed E-state index contributed by atoms with van der Waals surface area (Å²) in [6.07, 6.45) is 2.36. The zero-order chi connectivity index (χ0) is 17.5. The van der Waals surface area contributed by atoms with Crippen LogP contribution in [0.2, 0.25) is 0 Å². The normalized spacial score (nSPS) is 10.8. The molecule has 0 bridgehead atoms. The molecule has 0 aliphatic rings. The van der Waals surface area contributed by atoms with E-state index in [0.717, 1.165) is 6.42 Å². The van der Waals surface area contributed by atoms with Crippen LogP contribution in [0.3, 0.4) is 0 Å². The molecule has 0 aliphatic carbocycles. The van der Waals surface area contributed by atoms with Crippen LogP contribution in [-0.4, -0.2) is 34.9 Å². The van der Waals surface area contributed by atoms with Crippen molar-refractivity contribution in [2.24, 2.45) is 5.92 Å². The van der Waals surface area contributed by atoms with Gasteiger partial charge in [0.1, 0.15) is 5.01 Å². The van der Waals surface area contributed by atoms with Crippen molar-refractivity contribution in [2.45, 2.75) is 33.7 Å². The predicted octanol–water partition coefficient (Wildman–Crippen LogP) is 3.60. The molecular weight excluding hydrogens is 328 g/mol. The van der Waals surface area contributed by atoms with E-state index in [0.29, 0.717) is 36.4 Å². The first-order chi connectivity index (χ1) is 11.5. The Morgan fingerprint density at radius 1 is 1.42 bits per heavy atom. The fraction of sp³-hybridized carbons (Fsp3) is 0.471. The number of hydrogen-bond donors (Lipinski definition) is 0. The Labute approximate surface area is 145 Å². The van der Waals surface area contributed by atoms with Gasteiger partial charge in [0, 0.05) is 11.9 Å². The van der Waals surface area contributed by atoms with Crippen molar-refractivity contribution in [2.75, 3.05) is 13.2 Å². The van der Waals surface area contributed by atoms with Crippen LogP contribution in [-0.2, 0) is 11.3 Å². The first kappa shape index (κ1) is 18.2. The zero-order valence-corrected chi connectivity index (χ0v) is 15.0. The quantitative estimate of drug-likeness (QED) is 0.680. The van der Waals surface area contributed by atoms with Crippen LogP contribution >= 0.6 is 11.3 Å². The average Bonchev–Trinajstić information content (AvgIpc) is 3.22. The van der Waals surface area contributed by atoms with Crippen LogP contribution in [0.15, 0.2) is 28.2 Å². The van der Waals surface area contributed by atoms with Gasteiger partial charge >= 0.3 is 5.97 Å². The Bertz CT molecular complexity index is 664. The van der Waals surface area contributed by atoms with Crippen molar-refractivity contribution in [3.8, 4) is 0 Å². The molecule has 1 amide bonds. The third-order valence-electron chi connectivity index (χ3n) is 3.36. The van der Waals surface area contributed by atoms with E-state index in [1.54, 1.807) is 29.3 Å². The molecule has 0 aliphatic heterocycles. The van der Waals surface area contributed by atoms with Crippen molar-refractivity contribution in [1.82, 2.24) is 9.88 Å². The van der Waals surface area contributed by atoms with Crippen LogP contribution < -0.4 is 0 Å². The molecule has 0 radical (unpaired) electrons. The molecule has 0 unspecified atom stereocenters. The molecule has 0 spiro atoms. The maximum Gasteiger partial charge on any atom is 0.357 e. The van der Waals surface area contributed by atoms with Gasteiger partial charge in [0.05, 0.1) is 19.4 Å². The Morgan fingerprint density at radius 2 is 2.21 bits per heavy atom. The summed E-state index contributed by atoms with van der Waals surface area (Å²) in [4.78, 5) is 30.3. The Balaban J connectivity index is 2.10. The monoisotopic (exact) mass is 350 g/mol. The third-order valence-corrected chi connectivity index (χ3v) is 4.19. The van der Waals surface area contributed by atoms with Crippen molar-refractivity contribution in [3.63, 3.8) is 0 Å². The molecule has 7 heteroatoms. The molecule has 0 N–H and O–H groups in total. The number of amides is 1. The molecule has 0 saturated heterocycles. The van der Waals surface area contributed by atoms with Gasteiger partial charge in [-0.15, -0.1) is 11.3 Å². The number of aromatic nitrogens is 1. The summed E-state index contributed by atoms with van der Waals surface area (Å²) in [6.45, 7) is 7.22. The highest BCUT2D eigenvalue weighted by Gasteiger charge is 2.21. The minimum absolute atomic E-state index is 0.173. The van der Waals surface area contributed by atoms with Crippen molar-refractivity contribution < 1.29 is 18.7 Å². The van der Waals surface area contributed by atoms with Gasteiger partial charge in [0.25, 0.3) is 5.91 Å². The second-order valence-corrected chi connectivity index (χ2v) is 6.68. The number of rotatable bonds is 8. The van der Waals surface area contributed by atoms with E-state index in [2.05, 4.69) is 18.8 Å². The summed E-state index contributed by atoms with van der Waals surface area (Å²) < 4.78 is 10.2. The van der Waals surface area contributed by atoms with Gasteiger partial charge in [0.2, 0.25) is 0 Å². The fourth-order valence-corrected chi connectivity index (χ4v) is 2.85.